The normalized spacial score (nSPS) is 12.1. The van der Waals surface area contributed by atoms with Crippen molar-refractivity contribution in [2.45, 2.75) is 32.4 Å². The molecule has 1 amide bonds. The number of ether oxygens (including phenoxy) is 3. The average Bonchev–Trinajstić information content (AvgIpc) is 3.23. The van der Waals surface area contributed by atoms with Gasteiger partial charge in [-0.25, -0.2) is 4.79 Å². The molecule has 8 heteroatoms. The second-order valence-corrected chi connectivity index (χ2v) is 7.60. The third kappa shape index (κ3) is 5.55. The lowest BCUT2D eigenvalue weighted by Gasteiger charge is -2.23. The number of nitrogen functional groups attached to an aromatic ring is 1. The highest BCUT2D eigenvalue weighted by Gasteiger charge is 2.25. The molecule has 0 saturated carbocycles. The minimum atomic E-state index is -0.411. The molecule has 0 aromatic heterocycles. The van der Waals surface area contributed by atoms with Crippen LogP contribution in [0.25, 0.3) is 0 Å². The molecule has 2 aromatic carbocycles. The van der Waals surface area contributed by atoms with Gasteiger partial charge in [-0.15, -0.1) is 0 Å². The zero-order valence-electron chi connectivity index (χ0n) is 16.1. The maximum atomic E-state index is 12.8. The molecular weight excluding hydrogens is 440 g/mol. The number of halogens is 1. The van der Waals surface area contributed by atoms with E-state index in [9.17, 15) is 4.79 Å². The molecule has 0 aliphatic carbocycles. The fourth-order valence-electron chi connectivity index (χ4n) is 3.07. The molecule has 1 aliphatic rings. The van der Waals surface area contributed by atoms with E-state index in [1.54, 1.807) is 4.90 Å². The minimum Gasteiger partial charge on any atom is -0.452 e. The number of aliphatic hydroxyl groups is 1. The summed E-state index contributed by atoms with van der Waals surface area (Å²) in [6, 6.07) is 11.4. The molecule has 0 bridgehead atoms. The van der Waals surface area contributed by atoms with Crippen LogP contribution in [0.2, 0.25) is 0 Å². The van der Waals surface area contributed by atoms with Crippen LogP contribution in [0.3, 0.4) is 0 Å². The van der Waals surface area contributed by atoms with Crippen LogP contribution in [0.15, 0.2) is 40.9 Å². The maximum Gasteiger partial charge on any atom is 0.410 e. The first-order valence-electron chi connectivity index (χ1n) is 9.53. The molecule has 0 spiro atoms. The number of hydrogen-bond acceptors (Lipinski definition) is 6. The van der Waals surface area contributed by atoms with Gasteiger partial charge in [0.1, 0.15) is 6.61 Å². The third-order valence-corrected chi connectivity index (χ3v) is 5.22. The van der Waals surface area contributed by atoms with Crippen molar-refractivity contribution in [3.63, 3.8) is 0 Å². The highest BCUT2D eigenvalue weighted by Crippen LogP contribution is 2.45. The van der Waals surface area contributed by atoms with Crippen molar-refractivity contribution in [1.82, 2.24) is 4.90 Å². The SMILES string of the molecule is Nc1c(CN(CCCCCO)C(=O)OCc2ccccc2)cc(Br)c2c1OCO2. The van der Waals surface area contributed by atoms with Crippen LogP contribution in [0.5, 0.6) is 11.5 Å². The second kappa shape index (κ2) is 10.4. The first-order valence-corrected chi connectivity index (χ1v) is 10.3. The van der Waals surface area contributed by atoms with E-state index >= 15 is 0 Å². The van der Waals surface area contributed by atoms with E-state index in [1.165, 1.54) is 0 Å². The first-order chi connectivity index (χ1) is 14.1. The van der Waals surface area contributed by atoms with Gasteiger partial charge in [-0.05, 0) is 52.4 Å². The molecule has 7 nitrogen and oxygen atoms in total. The quantitative estimate of drug-likeness (QED) is 0.429. The first kappa shape index (κ1) is 21.3. The van der Waals surface area contributed by atoms with E-state index < -0.39 is 6.09 Å². The van der Waals surface area contributed by atoms with Crippen LogP contribution >= 0.6 is 15.9 Å². The largest absolute Gasteiger partial charge is 0.452 e. The van der Waals surface area contributed by atoms with Crippen molar-refractivity contribution in [2.24, 2.45) is 0 Å². The number of amides is 1. The summed E-state index contributed by atoms with van der Waals surface area (Å²) in [4.78, 5) is 14.4. The van der Waals surface area contributed by atoms with Gasteiger partial charge in [-0.2, -0.15) is 0 Å². The third-order valence-electron chi connectivity index (χ3n) is 4.63. The molecule has 0 fully saturated rings. The Morgan fingerprint density at radius 2 is 1.93 bits per heavy atom. The van der Waals surface area contributed by atoms with Crippen molar-refractivity contribution < 1.29 is 24.1 Å². The van der Waals surface area contributed by atoms with Crippen LogP contribution in [0.4, 0.5) is 10.5 Å². The van der Waals surface area contributed by atoms with E-state index in [-0.39, 0.29) is 26.6 Å². The Balaban J connectivity index is 1.71. The molecule has 2 aromatic rings. The molecule has 0 saturated heterocycles. The van der Waals surface area contributed by atoms with Crippen LogP contribution in [0, 0.1) is 0 Å². The van der Waals surface area contributed by atoms with Crippen molar-refractivity contribution >= 4 is 27.7 Å². The average molecular weight is 465 g/mol. The van der Waals surface area contributed by atoms with Crippen molar-refractivity contribution in [3.05, 3.63) is 52.0 Å². The fraction of sp³-hybridized carbons (Fsp3) is 0.381. The van der Waals surface area contributed by atoms with Gasteiger partial charge in [0.05, 0.1) is 16.7 Å². The smallest absolute Gasteiger partial charge is 0.410 e. The van der Waals surface area contributed by atoms with Gasteiger partial charge in [0.25, 0.3) is 0 Å². The summed E-state index contributed by atoms with van der Waals surface area (Å²) in [5, 5.41) is 8.99. The van der Waals surface area contributed by atoms with Gasteiger partial charge in [0, 0.05) is 13.2 Å². The summed E-state index contributed by atoms with van der Waals surface area (Å²) >= 11 is 3.47. The monoisotopic (exact) mass is 464 g/mol. The molecular formula is C21H25BrN2O5. The van der Waals surface area contributed by atoms with Crippen molar-refractivity contribution in [2.75, 3.05) is 25.7 Å². The van der Waals surface area contributed by atoms with Crippen molar-refractivity contribution in [1.29, 1.82) is 0 Å². The summed E-state index contributed by atoms with van der Waals surface area (Å²) < 4.78 is 17.1. The molecule has 3 N–H and O–H groups in total. The molecule has 1 heterocycles. The number of hydrogen-bond donors (Lipinski definition) is 2. The molecule has 0 unspecified atom stereocenters. The van der Waals surface area contributed by atoms with Gasteiger partial charge in [-0.1, -0.05) is 30.3 Å². The predicted octanol–water partition coefficient (Wildman–Crippen LogP) is 4.06. The van der Waals surface area contributed by atoms with Crippen LogP contribution in [-0.4, -0.2) is 36.0 Å². The number of benzene rings is 2. The maximum absolute atomic E-state index is 12.8. The number of carbonyl (C=O) groups excluding carboxylic acids is 1. The number of aliphatic hydroxyl groups excluding tert-OH is 1. The van der Waals surface area contributed by atoms with E-state index in [1.807, 2.05) is 36.4 Å². The van der Waals surface area contributed by atoms with Gasteiger partial charge in [-0.3, -0.25) is 0 Å². The summed E-state index contributed by atoms with van der Waals surface area (Å²) in [5.74, 6) is 1.07. The van der Waals surface area contributed by atoms with E-state index in [0.717, 1.165) is 28.4 Å². The number of unbranched alkanes of at least 4 members (excludes halogenated alkanes) is 2. The Morgan fingerprint density at radius 1 is 1.17 bits per heavy atom. The van der Waals surface area contributed by atoms with Crippen LogP contribution < -0.4 is 15.2 Å². The summed E-state index contributed by atoms with van der Waals surface area (Å²) in [6.07, 6.45) is 1.86. The van der Waals surface area contributed by atoms with Gasteiger partial charge < -0.3 is 30.0 Å². The lowest BCUT2D eigenvalue weighted by molar-refractivity contribution is 0.0928. The van der Waals surface area contributed by atoms with E-state index in [0.29, 0.717) is 30.2 Å². The number of nitrogens with two attached hydrogens (primary N) is 1. The Kier molecular flexibility index (Phi) is 7.60. The Bertz CT molecular complexity index is 832. The molecule has 3 rings (SSSR count). The summed E-state index contributed by atoms with van der Waals surface area (Å²) in [7, 11) is 0. The van der Waals surface area contributed by atoms with Crippen LogP contribution in [-0.2, 0) is 17.9 Å². The Labute approximate surface area is 178 Å². The van der Waals surface area contributed by atoms with Crippen molar-refractivity contribution in [3.8, 4) is 11.5 Å². The zero-order valence-corrected chi connectivity index (χ0v) is 17.7. The topological polar surface area (TPSA) is 94.3 Å². The van der Waals surface area contributed by atoms with E-state index in [2.05, 4.69) is 15.9 Å². The van der Waals surface area contributed by atoms with E-state index in [4.69, 9.17) is 25.1 Å². The number of nitrogens with zero attached hydrogens (tertiary/aromatic N) is 1. The highest BCUT2D eigenvalue weighted by molar-refractivity contribution is 9.10. The Hall–Kier alpha value is -2.45. The number of anilines is 1. The van der Waals surface area contributed by atoms with Gasteiger partial charge >= 0.3 is 6.09 Å². The summed E-state index contributed by atoms with van der Waals surface area (Å²) in [6.45, 7) is 1.24. The van der Waals surface area contributed by atoms with Gasteiger partial charge in [0.2, 0.25) is 6.79 Å². The fourth-order valence-corrected chi connectivity index (χ4v) is 3.64. The lowest BCUT2D eigenvalue weighted by Crippen LogP contribution is -2.32. The van der Waals surface area contributed by atoms with Crippen LogP contribution in [0.1, 0.15) is 30.4 Å². The molecule has 29 heavy (non-hydrogen) atoms. The standard InChI is InChI=1S/C21H25BrN2O5/c22-17-11-16(18(23)20-19(17)28-14-29-20)12-24(9-5-2-6-10-25)21(26)27-13-15-7-3-1-4-8-15/h1,3-4,7-8,11,25H,2,5-6,9-10,12-14,23H2. The Morgan fingerprint density at radius 3 is 2.69 bits per heavy atom. The molecule has 156 valence electrons. The molecule has 1 aliphatic heterocycles. The predicted molar refractivity (Wildman–Crippen MR) is 113 cm³/mol. The zero-order chi connectivity index (χ0) is 20.6. The number of fused-ring (bicyclic) bond motifs is 1. The minimum absolute atomic E-state index is 0.117. The number of rotatable bonds is 9. The number of carbonyl (C=O) groups is 1. The molecule has 0 radical (unpaired) electrons. The second-order valence-electron chi connectivity index (χ2n) is 6.74. The summed E-state index contributed by atoms with van der Waals surface area (Å²) in [5.41, 5.74) is 8.38. The molecule has 0 atom stereocenters. The lowest BCUT2D eigenvalue weighted by atomic mass is 10.1. The highest BCUT2D eigenvalue weighted by atomic mass is 79.9. The van der Waals surface area contributed by atoms with Gasteiger partial charge in [0.15, 0.2) is 11.5 Å².